The number of nitrogens with one attached hydrogen (secondary N) is 1. The van der Waals surface area contributed by atoms with Crippen LogP contribution >= 0.6 is 11.6 Å². The molecule has 1 aliphatic rings. The fourth-order valence-corrected chi connectivity index (χ4v) is 4.10. The first-order valence-electron chi connectivity index (χ1n) is 9.12. The number of benzene rings is 4. The second-order valence-corrected chi connectivity index (χ2v) is 7.23. The van der Waals surface area contributed by atoms with Crippen molar-refractivity contribution in [2.24, 2.45) is 0 Å². The van der Waals surface area contributed by atoms with Crippen LogP contribution in [0.25, 0.3) is 32.3 Å². The number of hydroxylamine groups is 2. The summed E-state index contributed by atoms with van der Waals surface area (Å²) >= 11 is 6.40. The molecule has 0 atom stereocenters. The third kappa shape index (κ3) is 2.99. The molecule has 0 fully saturated rings. The predicted octanol–water partition coefficient (Wildman–Crippen LogP) is 5.61. The third-order valence-electron chi connectivity index (χ3n) is 5.11. The van der Waals surface area contributed by atoms with Gasteiger partial charge in [0.2, 0.25) is 0 Å². The second kappa shape index (κ2) is 6.76. The van der Waals surface area contributed by atoms with E-state index in [0.29, 0.717) is 6.61 Å². The Bertz CT molecular complexity index is 1190. The van der Waals surface area contributed by atoms with Crippen LogP contribution in [0.1, 0.15) is 5.56 Å². The van der Waals surface area contributed by atoms with Gasteiger partial charge in [-0.3, -0.25) is 9.90 Å². The minimum atomic E-state index is 0.480. The van der Waals surface area contributed by atoms with Crippen LogP contribution in [0.2, 0.25) is 5.02 Å². The van der Waals surface area contributed by atoms with E-state index in [-0.39, 0.29) is 0 Å². The molecule has 0 aromatic heterocycles. The number of hydrogen-bond donors (Lipinski definition) is 1. The Balaban J connectivity index is 1.68. The molecule has 0 saturated carbocycles. The summed E-state index contributed by atoms with van der Waals surface area (Å²) in [6, 6.07) is 21.3. The van der Waals surface area contributed by atoms with Crippen LogP contribution in [-0.2, 0) is 11.4 Å². The first-order valence-corrected chi connectivity index (χ1v) is 9.50. The van der Waals surface area contributed by atoms with Crippen molar-refractivity contribution in [1.29, 1.82) is 0 Å². The lowest BCUT2D eigenvalue weighted by atomic mass is 9.94. The predicted molar refractivity (Wildman–Crippen MR) is 113 cm³/mol. The largest absolute Gasteiger partial charge is 0.388 e. The summed E-state index contributed by atoms with van der Waals surface area (Å²) in [5.41, 5.74) is 1.10. The fourth-order valence-electron chi connectivity index (χ4n) is 3.85. The average Bonchev–Trinajstić information content (AvgIpc) is 2.72. The van der Waals surface area contributed by atoms with Gasteiger partial charge in [-0.25, -0.2) is 0 Å². The highest BCUT2D eigenvalue weighted by molar-refractivity contribution is 6.32. The smallest absolute Gasteiger partial charge is 0.101 e. The van der Waals surface area contributed by atoms with Crippen molar-refractivity contribution in [2.45, 2.75) is 6.61 Å². The van der Waals surface area contributed by atoms with Gasteiger partial charge in [-0.15, -0.1) is 0 Å². The van der Waals surface area contributed by atoms with Crippen molar-refractivity contribution in [3.05, 3.63) is 83.6 Å². The Morgan fingerprint density at radius 3 is 2.67 bits per heavy atom. The van der Waals surface area contributed by atoms with Gasteiger partial charge in [0.15, 0.2) is 0 Å². The molecular formula is C23H19ClN2O. The molecule has 1 aliphatic heterocycles. The number of nitrogens with zero attached hydrogens (tertiary/aromatic N) is 1. The molecule has 0 saturated heterocycles. The van der Waals surface area contributed by atoms with Gasteiger partial charge in [-0.2, -0.15) is 0 Å². The molecule has 0 amide bonds. The molecule has 0 unspecified atom stereocenters. The van der Waals surface area contributed by atoms with Crippen LogP contribution in [0, 0.1) is 0 Å². The van der Waals surface area contributed by atoms with Crippen LogP contribution in [0.5, 0.6) is 0 Å². The zero-order chi connectivity index (χ0) is 18.2. The van der Waals surface area contributed by atoms with Crippen molar-refractivity contribution >= 4 is 43.9 Å². The molecule has 4 heteroatoms. The molecule has 5 rings (SSSR count). The average molecular weight is 375 g/mol. The van der Waals surface area contributed by atoms with E-state index in [1.807, 2.05) is 29.6 Å². The Morgan fingerprint density at radius 1 is 0.926 bits per heavy atom. The summed E-state index contributed by atoms with van der Waals surface area (Å²) in [4.78, 5) is 6.02. The van der Waals surface area contributed by atoms with E-state index in [1.165, 1.54) is 26.9 Å². The van der Waals surface area contributed by atoms with Crippen molar-refractivity contribution in [1.82, 2.24) is 10.4 Å². The number of halogens is 1. The summed E-state index contributed by atoms with van der Waals surface area (Å²) < 4.78 is 0. The first-order chi connectivity index (χ1) is 13.3. The van der Waals surface area contributed by atoms with Crippen molar-refractivity contribution < 1.29 is 4.84 Å². The van der Waals surface area contributed by atoms with Gasteiger partial charge in [0.25, 0.3) is 0 Å². The maximum absolute atomic E-state index is 6.40. The maximum Gasteiger partial charge on any atom is 0.101 e. The Morgan fingerprint density at radius 2 is 1.78 bits per heavy atom. The molecule has 0 bridgehead atoms. The van der Waals surface area contributed by atoms with E-state index in [4.69, 9.17) is 16.4 Å². The molecular weight excluding hydrogens is 356 g/mol. The molecule has 3 nitrogen and oxygen atoms in total. The van der Waals surface area contributed by atoms with E-state index in [1.54, 1.807) is 0 Å². The number of fused-ring (bicyclic) bond motifs is 5. The molecule has 4 aromatic carbocycles. The number of rotatable bonds is 3. The molecule has 134 valence electrons. The highest BCUT2D eigenvalue weighted by atomic mass is 35.5. The van der Waals surface area contributed by atoms with E-state index in [2.05, 4.69) is 53.8 Å². The minimum absolute atomic E-state index is 0.480. The SMILES string of the molecule is Clc1cc(CON2C=CNCC2)c2c(ccc3c4ccccc4ccc32)c1. The summed E-state index contributed by atoms with van der Waals surface area (Å²) in [7, 11) is 0. The summed E-state index contributed by atoms with van der Waals surface area (Å²) in [6.07, 6.45) is 3.82. The van der Waals surface area contributed by atoms with E-state index in [9.17, 15) is 0 Å². The topological polar surface area (TPSA) is 24.5 Å². The highest BCUT2D eigenvalue weighted by Gasteiger charge is 2.12. The zero-order valence-electron chi connectivity index (χ0n) is 14.8. The van der Waals surface area contributed by atoms with Crippen molar-refractivity contribution in [3.63, 3.8) is 0 Å². The van der Waals surface area contributed by atoms with Crippen LogP contribution in [0.3, 0.4) is 0 Å². The lowest BCUT2D eigenvalue weighted by Crippen LogP contribution is -2.31. The Hall–Kier alpha value is -2.75. The van der Waals surface area contributed by atoms with Crippen molar-refractivity contribution in [2.75, 3.05) is 13.1 Å². The van der Waals surface area contributed by atoms with E-state index < -0.39 is 0 Å². The molecule has 27 heavy (non-hydrogen) atoms. The lowest BCUT2D eigenvalue weighted by molar-refractivity contribution is -0.133. The summed E-state index contributed by atoms with van der Waals surface area (Å²) in [6.45, 7) is 2.18. The van der Waals surface area contributed by atoms with E-state index in [0.717, 1.165) is 29.1 Å². The standard InChI is InChI=1S/C23H19ClN2O/c24-19-13-17-6-7-21-20-4-2-1-3-16(20)5-8-22(21)23(17)18(14-19)15-27-26-11-9-25-10-12-26/h1-9,11,13-14,25H,10,12,15H2. The number of hydrogen-bond acceptors (Lipinski definition) is 3. The molecule has 0 radical (unpaired) electrons. The minimum Gasteiger partial charge on any atom is -0.388 e. The molecule has 0 aliphatic carbocycles. The molecule has 4 aromatic rings. The van der Waals surface area contributed by atoms with Crippen LogP contribution in [-0.4, -0.2) is 18.2 Å². The van der Waals surface area contributed by atoms with Gasteiger partial charge in [-0.1, -0.05) is 60.1 Å². The summed E-state index contributed by atoms with van der Waals surface area (Å²) in [5, 5.41) is 13.1. The quantitative estimate of drug-likeness (QED) is 0.472. The lowest BCUT2D eigenvalue weighted by Gasteiger charge is -2.23. The molecule has 1 heterocycles. The molecule has 0 spiro atoms. The van der Waals surface area contributed by atoms with E-state index >= 15 is 0 Å². The van der Waals surface area contributed by atoms with Gasteiger partial charge < -0.3 is 5.32 Å². The zero-order valence-corrected chi connectivity index (χ0v) is 15.5. The first kappa shape index (κ1) is 16.4. The summed E-state index contributed by atoms with van der Waals surface area (Å²) in [5.74, 6) is 0. The van der Waals surface area contributed by atoms with Crippen LogP contribution < -0.4 is 5.32 Å². The highest BCUT2D eigenvalue weighted by Crippen LogP contribution is 2.35. The van der Waals surface area contributed by atoms with Gasteiger partial charge in [0.1, 0.15) is 6.61 Å². The van der Waals surface area contributed by atoms with Gasteiger partial charge in [-0.05, 0) is 50.0 Å². The van der Waals surface area contributed by atoms with Crippen molar-refractivity contribution in [3.8, 4) is 0 Å². The van der Waals surface area contributed by atoms with Crippen LogP contribution in [0.4, 0.5) is 0 Å². The van der Waals surface area contributed by atoms with Gasteiger partial charge in [0.05, 0.1) is 6.54 Å². The maximum atomic E-state index is 6.40. The van der Waals surface area contributed by atoms with Gasteiger partial charge >= 0.3 is 0 Å². The second-order valence-electron chi connectivity index (χ2n) is 6.79. The normalized spacial score (nSPS) is 14.2. The third-order valence-corrected chi connectivity index (χ3v) is 5.32. The Labute approximate surface area is 162 Å². The van der Waals surface area contributed by atoms with Crippen LogP contribution in [0.15, 0.2) is 73.1 Å². The van der Waals surface area contributed by atoms with Gasteiger partial charge in [0, 0.05) is 24.0 Å². The fraction of sp³-hybridized carbons (Fsp3) is 0.130. The Kier molecular flexibility index (Phi) is 4.12. The monoisotopic (exact) mass is 374 g/mol. The molecule has 1 N–H and O–H groups in total.